The quantitative estimate of drug-likeness (QED) is 0.331. The predicted molar refractivity (Wildman–Crippen MR) is 141 cm³/mol. The van der Waals surface area contributed by atoms with Crippen LogP contribution in [-0.2, 0) is 0 Å². The van der Waals surface area contributed by atoms with Gasteiger partial charge in [-0.1, -0.05) is 0 Å². The second kappa shape index (κ2) is 8.82. The van der Waals surface area contributed by atoms with E-state index in [4.69, 9.17) is 9.72 Å². The van der Waals surface area contributed by atoms with Crippen molar-refractivity contribution in [2.24, 2.45) is 0 Å². The minimum Gasteiger partial charge on any atom is -0.489 e. The van der Waals surface area contributed by atoms with Gasteiger partial charge in [0.05, 0.1) is 40.8 Å². The van der Waals surface area contributed by atoms with E-state index in [0.29, 0.717) is 0 Å². The van der Waals surface area contributed by atoms with E-state index in [2.05, 4.69) is 41.5 Å². The fourth-order valence-corrected chi connectivity index (χ4v) is 4.90. The summed E-state index contributed by atoms with van der Waals surface area (Å²) >= 11 is 0. The van der Waals surface area contributed by atoms with Crippen molar-refractivity contribution in [2.75, 3.05) is 13.1 Å². The highest BCUT2D eigenvalue weighted by molar-refractivity contribution is 5.95. The van der Waals surface area contributed by atoms with Gasteiger partial charge >= 0.3 is 0 Å². The van der Waals surface area contributed by atoms with E-state index in [-0.39, 0.29) is 6.10 Å². The highest BCUT2D eigenvalue weighted by Crippen LogP contribution is 2.31. The van der Waals surface area contributed by atoms with Crippen LogP contribution in [-0.4, -0.2) is 58.9 Å². The zero-order chi connectivity index (χ0) is 24.8. The summed E-state index contributed by atoms with van der Waals surface area (Å²) in [4.78, 5) is 21.7. The number of aromatic amines is 2. The summed E-state index contributed by atoms with van der Waals surface area (Å²) in [7, 11) is 0. The number of imidazole rings is 1. The van der Waals surface area contributed by atoms with Gasteiger partial charge in [-0.25, -0.2) is 15.0 Å². The first-order valence-electron chi connectivity index (χ1n) is 12.4. The molecule has 0 saturated carbocycles. The third-order valence-corrected chi connectivity index (χ3v) is 6.76. The monoisotopic (exact) mass is 491 g/mol. The molecule has 6 aromatic rings. The lowest BCUT2D eigenvalue weighted by atomic mass is 10.1. The minimum atomic E-state index is 0.209. The second-order valence-electron chi connectivity index (χ2n) is 9.34. The summed E-state index contributed by atoms with van der Waals surface area (Å²) in [6.45, 7) is 3.93. The minimum absolute atomic E-state index is 0.209. The number of H-pyrrole nitrogens is 2. The van der Waals surface area contributed by atoms with Gasteiger partial charge in [0.15, 0.2) is 0 Å². The predicted octanol–water partition coefficient (Wildman–Crippen LogP) is 4.19. The Kier molecular flexibility index (Phi) is 5.17. The Labute approximate surface area is 212 Å². The molecule has 1 aliphatic rings. The standard InChI is InChI=1S/C27H25N9O/c1-16-14-36(15-31-16)24-6-9-30-27-20(24)11-23(33-27)26-25-22(34-35-26)3-2-21(32-25)17-10-19(13-29-12-17)37-18-4-7-28-8-5-18/h2-3,6,9-15,18,28H,4-5,7-8H2,1H3,(H,30,33)(H,34,35). The lowest BCUT2D eigenvalue weighted by molar-refractivity contribution is 0.162. The van der Waals surface area contributed by atoms with Crippen LogP contribution in [0.1, 0.15) is 18.5 Å². The number of hydrogen-bond donors (Lipinski definition) is 3. The molecular formula is C27H25N9O. The van der Waals surface area contributed by atoms with E-state index in [0.717, 1.165) is 87.8 Å². The Balaban J connectivity index is 1.26. The van der Waals surface area contributed by atoms with Crippen molar-refractivity contribution in [3.63, 3.8) is 0 Å². The maximum Gasteiger partial charge on any atom is 0.139 e. The van der Waals surface area contributed by atoms with Crippen LogP contribution in [0.5, 0.6) is 5.75 Å². The van der Waals surface area contributed by atoms with Gasteiger partial charge in [0, 0.05) is 29.5 Å². The first-order valence-corrected chi connectivity index (χ1v) is 12.4. The summed E-state index contributed by atoms with van der Waals surface area (Å²) in [5, 5.41) is 12.0. The second-order valence-corrected chi connectivity index (χ2v) is 9.34. The fraction of sp³-hybridized carbons (Fsp3) is 0.222. The number of aromatic nitrogens is 8. The Hall–Kier alpha value is -4.57. The molecule has 7 heterocycles. The van der Waals surface area contributed by atoms with Crippen LogP contribution in [0.15, 0.2) is 61.4 Å². The van der Waals surface area contributed by atoms with Crippen molar-refractivity contribution < 1.29 is 4.74 Å². The largest absolute Gasteiger partial charge is 0.489 e. The molecule has 3 N–H and O–H groups in total. The van der Waals surface area contributed by atoms with E-state index in [9.17, 15) is 0 Å². The van der Waals surface area contributed by atoms with Gasteiger partial charge in [0.2, 0.25) is 0 Å². The summed E-state index contributed by atoms with van der Waals surface area (Å²) in [5.41, 5.74) is 7.63. The smallest absolute Gasteiger partial charge is 0.139 e. The molecule has 7 rings (SSSR count). The number of nitrogens with one attached hydrogen (secondary N) is 3. The lowest BCUT2D eigenvalue weighted by Gasteiger charge is -2.23. The summed E-state index contributed by atoms with van der Waals surface area (Å²) in [6.07, 6.45) is 11.4. The van der Waals surface area contributed by atoms with Crippen LogP contribution in [0, 0.1) is 6.92 Å². The molecule has 10 heteroatoms. The van der Waals surface area contributed by atoms with E-state index in [1.165, 1.54) is 0 Å². The Morgan fingerprint density at radius 2 is 1.97 bits per heavy atom. The Morgan fingerprint density at radius 3 is 2.84 bits per heavy atom. The Bertz CT molecular complexity index is 1720. The van der Waals surface area contributed by atoms with Crippen LogP contribution < -0.4 is 10.1 Å². The number of aryl methyl sites for hydroxylation is 1. The zero-order valence-electron chi connectivity index (χ0n) is 20.3. The molecule has 1 fully saturated rings. The molecule has 0 unspecified atom stereocenters. The SMILES string of the molecule is Cc1cn(-c2ccnc3[nH]c(-c4n[nH]c5ccc(-c6cncc(OC7CCNCC7)c6)nc45)cc23)cn1. The maximum absolute atomic E-state index is 6.20. The molecule has 0 amide bonds. The molecule has 0 aromatic carbocycles. The van der Waals surface area contributed by atoms with Gasteiger partial charge in [-0.05, 0) is 63.2 Å². The van der Waals surface area contributed by atoms with Gasteiger partial charge < -0.3 is 19.6 Å². The van der Waals surface area contributed by atoms with Gasteiger partial charge in [-0.2, -0.15) is 5.10 Å². The van der Waals surface area contributed by atoms with E-state index < -0.39 is 0 Å². The average molecular weight is 492 g/mol. The molecule has 0 aliphatic carbocycles. The van der Waals surface area contributed by atoms with Gasteiger partial charge in [-0.3, -0.25) is 10.1 Å². The van der Waals surface area contributed by atoms with Crippen molar-refractivity contribution in [3.05, 3.63) is 67.1 Å². The third-order valence-electron chi connectivity index (χ3n) is 6.76. The number of piperidine rings is 1. The molecule has 0 spiro atoms. The normalized spacial score (nSPS) is 14.5. The number of ether oxygens (including phenoxy) is 1. The fourth-order valence-electron chi connectivity index (χ4n) is 4.90. The highest BCUT2D eigenvalue weighted by Gasteiger charge is 2.18. The number of rotatable bonds is 5. The molecule has 0 atom stereocenters. The molecule has 10 nitrogen and oxygen atoms in total. The van der Waals surface area contributed by atoms with Crippen molar-refractivity contribution in [3.8, 4) is 34.1 Å². The molecular weight excluding hydrogens is 466 g/mol. The van der Waals surface area contributed by atoms with Crippen LogP contribution in [0.25, 0.3) is 50.4 Å². The zero-order valence-corrected chi connectivity index (χ0v) is 20.3. The van der Waals surface area contributed by atoms with Crippen molar-refractivity contribution in [2.45, 2.75) is 25.9 Å². The number of fused-ring (bicyclic) bond motifs is 2. The average Bonchev–Trinajstić information content (AvgIpc) is 3.66. The molecule has 0 radical (unpaired) electrons. The number of hydrogen-bond acceptors (Lipinski definition) is 7. The highest BCUT2D eigenvalue weighted by atomic mass is 16.5. The van der Waals surface area contributed by atoms with Gasteiger partial charge in [-0.15, -0.1) is 0 Å². The lowest BCUT2D eigenvalue weighted by Crippen LogP contribution is -2.34. The van der Waals surface area contributed by atoms with Crippen molar-refractivity contribution in [1.29, 1.82) is 0 Å². The summed E-state index contributed by atoms with van der Waals surface area (Å²) < 4.78 is 8.20. The first kappa shape index (κ1) is 21.7. The maximum atomic E-state index is 6.20. The van der Waals surface area contributed by atoms with E-state index >= 15 is 0 Å². The topological polar surface area (TPSA) is 122 Å². The van der Waals surface area contributed by atoms with Crippen LogP contribution in [0.3, 0.4) is 0 Å². The van der Waals surface area contributed by atoms with E-state index in [1.807, 2.05) is 54.5 Å². The number of pyridine rings is 3. The molecule has 6 aromatic heterocycles. The molecule has 184 valence electrons. The molecule has 37 heavy (non-hydrogen) atoms. The van der Waals surface area contributed by atoms with Crippen molar-refractivity contribution in [1.82, 2.24) is 45.0 Å². The molecule has 0 bridgehead atoms. The summed E-state index contributed by atoms with van der Waals surface area (Å²) in [5.74, 6) is 0.766. The summed E-state index contributed by atoms with van der Waals surface area (Å²) in [6, 6.07) is 10.0. The van der Waals surface area contributed by atoms with Gasteiger partial charge in [0.1, 0.15) is 28.7 Å². The Morgan fingerprint density at radius 1 is 1.05 bits per heavy atom. The first-order chi connectivity index (χ1) is 18.2. The molecule has 1 aliphatic heterocycles. The van der Waals surface area contributed by atoms with Crippen LogP contribution in [0.4, 0.5) is 0 Å². The van der Waals surface area contributed by atoms with Crippen LogP contribution in [0.2, 0.25) is 0 Å². The van der Waals surface area contributed by atoms with Crippen LogP contribution >= 0.6 is 0 Å². The van der Waals surface area contributed by atoms with E-state index in [1.54, 1.807) is 12.4 Å². The van der Waals surface area contributed by atoms with Crippen molar-refractivity contribution >= 4 is 22.1 Å². The number of nitrogens with zero attached hydrogens (tertiary/aromatic N) is 6. The third kappa shape index (κ3) is 4.01. The molecule has 1 saturated heterocycles. The van der Waals surface area contributed by atoms with Gasteiger partial charge in [0.25, 0.3) is 0 Å².